The van der Waals surface area contributed by atoms with Crippen molar-refractivity contribution < 1.29 is 23.1 Å². The number of esters is 1. The third-order valence-electron chi connectivity index (χ3n) is 2.17. The van der Waals surface area contributed by atoms with Crippen LogP contribution >= 0.6 is 0 Å². The van der Waals surface area contributed by atoms with Crippen molar-refractivity contribution >= 4 is 12.3 Å². The van der Waals surface area contributed by atoms with Crippen LogP contribution in [0.2, 0.25) is 0 Å². The Hall–Kier alpha value is -1.78. The Kier molecular flexibility index (Phi) is 4.10. The van der Waals surface area contributed by atoms with E-state index in [2.05, 4.69) is 4.74 Å². The molecule has 5 heteroatoms. The van der Waals surface area contributed by atoms with Crippen LogP contribution in [-0.2, 0) is 14.3 Å². The van der Waals surface area contributed by atoms with Crippen LogP contribution < -0.4 is 0 Å². The molecule has 16 heavy (non-hydrogen) atoms. The van der Waals surface area contributed by atoms with Crippen molar-refractivity contribution in [3.05, 3.63) is 35.4 Å². The van der Waals surface area contributed by atoms with Crippen molar-refractivity contribution in [3.8, 4) is 0 Å². The third kappa shape index (κ3) is 2.42. The van der Waals surface area contributed by atoms with E-state index in [1.54, 1.807) is 0 Å². The molecule has 0 aliphatic carbocycles. The van der Waals surface area contributed by atoms with E-state index in [1.165, 1.54) is 12.1 Å². The quantitative estimate of drug-likeness (QED) is 0.583. The van der Waals surface area contributed by atoms with Gasteiger partial charge in [-0.3, -0.25) is 4.79 Å². The number of hydrogen-bond donors (Lipinski definition) is 0. The molecule has 0 heterocycles. The highest BCUT2D eigenvalue weighted by Gasteiger charge is 2.25. The second-order valence-corrected chi connectivity index (χ2v) is 3.12. The fourth-order valence-electron chi connectivity index (χ4n) is 1.38. The first-order valence-electron chi connectivity index (χ1n) is 4.57. The SMILES string of the molecule is COC(=O)C(CC=O)c1cccc(F)c1F. The molecule has 0 aliphatic rings. The molecule has 0 aromatic heterocycles. The van der Waals surface area contributed by atoms with Gasteiger partial charge in [0, 0.05) is 12.0 Å². The van der Waals surface area contributed by atoms with Crippen molar-refractivity contribution in [2.45, 2.75) is 12.3 Å². The van der Waals surface area contributed by atoms with Crippen molar-refractivity contribution in [2.24, 2.45) is 0 Å². The lowest BCUT2D eigenvalue weighted by Crippen LogP contribution is -2.16. The van der Waals surface area contributed by atoms with Crippen LogP contribution in [0.5, 0.6) is 0 Å². The zero-order valence-corrected chi connectivity index (χ0v) is 8.57. The number of carbonyl (C=O) groups is 2. The van der Waals surface area contributed by atoms with Crippen LogP contribution in [0.3, 0.4) is 0 Å². The molecule has 0 saturated heterocycles. The maximum Gasteiger partial charge on any atom is 0.313 e. The lowest BCUT2D eigenvalue weighted by Gasteiger charge is -2.12. The summed E-state index contributed by atoms with van der Waals surface area (Å²) in [5, 5.41) is 0. The van der Waals surface area contributed by atoms with Gasteiger partial charge >= 0.3 is 5.97 Å². The van der Waals surface area contributed by atoms with Gasteiger partial charge in [0.05, 0.1) is 13.0 Å². The third-order valence-corrected chi connectivity index (χ3v) is 2.17. The van der Waals surface area contributed by atoms with E-state index < -0.39 is 23.5 Å². The summed E-state index contributed by atoms with van der Waals surface area (Å²) in [6.45, 7) is 0. The van der Waals surface area contributed by atoms with Crippen LogP contribution in [0.4, 0.5) is 8.78 Å². The number of hydrogen-bond acceptors (Lipinski definition) is 3. The van der Waals surface area contributed by atoms with E-state index >= 15 is 0 Å². The Balaban J connectivity index is 3.15. The fourth-order valence-corrected chi connectivity index (χ4v) is 1.38. The topological polar surface area (TPSA) is 43.4 Å². The number of carbonyl (C=O) groups excluding carboxylic acids is 2. The van der Waals surface area contributed by atoms with Crippen LogP contribution in [0.15, 0.2) is 18.2 Å². The standard InChI is InChI=1S/C11H10F2O3/c1-16-11(15)8(5-6-14)7-3-2-4-9(12)10(7)13/h2-4,6,8H,5H2,1H3. The van der Waals surface area contributed by atoms with E-state index in [0.717, 1.165) is 13.2 Å². The van der Waals surface area contributed by atoms with Gasteiger partial charge in [0.15, 0.2) is 11.6 Å². The van der Waals surface area contributed by atoms with Crippen LogP contribution in [0.25, 0.3) is 0 Å². The lowest BCUT2D eigenvalue weighted by atomic mass is 9.96. The minimum atomic E-state index is -1.13. The molecule has 0 bridgehead atoms. The molecule has 86 valence electrons. The van der Waals surface area contributed by atoms with E-state index in [1.807, 2.05) is 0 Å². The van der Waals surface area contributed by atoms with Gasteiger partial charge < -0.3 is 9.53 Å². The minimum absolute atomic E-state index is 0.168. The molecule has 1 rings (SSSR count). The zero-order valence-electron chi connectivity index (χ0n) is 8.57. The molecule has 0 spiro atoms. The fraction of sp³-hybridized carbons (Fsp3) is 0.273. The molecule has 3 nitrogen and oxygen atoms in total. The largest absolute Gasteiger partial charge is 0.469 e. The monoisotopic (exact) mass is 228 g/mol. The maximum absolute atomic E-state index is 13.4. The normalized spacial score (nSPS) is 11.9. The predicted molar refractivity (Wildman–Crippen MR) is 51.8 cm³/mol. The highest BCUT2D eigenvalue weighted by Crippen LogP contribution is 2.24. The zero-order chi connectivity index (χ0) is 12.1. The van der Waals surface area contributed by atoms with Gasteiger partial charge in [-0.05, 0) is 6.07 Å². The Morgan fingerprint density at radius 3 is 2.75 bits per heavy atom. The molecule has 0 saturated carbocycles. The summed E-state index contributed by atoms with van der Waals surface area (Å²) in [5.41, 5.74) is -0.168. The summed E-state index contributed by atoms with van der Waals surface area (Å²) < 4.78 is 30.7. The van der Waals surface area contributed by atoms with Crippen LogP contribution in [-0.4, -0.2) is 19.4 Å². The number of rotatable bonds is 4. The number of aldehydes is 1. The molecule has 0 radical (unpaired) electrons. The second kappa shape index (κ2) is 5.34. The van der Waals surface area contributed by atoms with Crippen molar-refractivity contribution in [1.29, 1.82) is 0 Å². The Labute approximate surface area is 91.0 Å². The average molecular weight is 228 g/mol. The lowest BCUT2D eigenvalue weighted by molar-refractivity contribution is -0.143. The first kappa shape index (κ1) is 12.3. The van der Waals surface area contributed by atoms with Crippen LogP contribution in [0.1, 0.15) is 17.9 Å². The van der Waals surface area contributed by atoms with Crippen LogP contribution in [0, 0.1) is 11.6 Å². The Morgan fingerprint density at radius 2 is 2.19 bits per heavy atom. The number of halogens is 2. The van der Waals surface area contributed by atoms with Crippen molar-refractivity contribution in [2.75, 3.05) is 7.11 Å². The molecule has 0 N–H and O–H groups in total. The summed E-state index contributed by atoms with van der Waals surface area (Å²) in [5.74, 6) is -4.05. The number of ether oxygens (including phenoxy) is 1. The first-order chi connectivity index (χ1) is 7.61. The second-order valence-electron chi connectivity index (χ2n) is 3.12. The Bertz CT molecular complexity index is 404. The summed E-state index contributed by atoms with van der Waals surface area (Å²) in [6.07, 6.45) is 0.221. The highest BCUT2D eigenvalue weighted by atomic mass is 19.2. The molecule has 1 aromatic rings. The van der Waals surface area contributed by atoms with E-state index in [-0.39, 0.29) is 12.0 Å². The highest BCUT2D eigenvalue weighted by molar-refractivity contribution is 5.81. The summed E-state index contributed by atoms with van der Waals surface area (Å²) >= 11 is 0. The Morgan fingerprint density at radius 1 is 1.50 bits per heavy atom. The van der Waals surface area contributed by atoms with Crippen molar-refractivity contribution in [3.63, 3.8) is 0 Å². The molecule has 1 aromatic carbocycles. The minimum Gasteiger partial charge on any atom is -0.469 e. The van der Waals surface area contributed by atoms with Gasteiger partial charge in [-0.15, -0.1) is 0 Å². The van der Waals surface area contributed by atoms with Gasteiger partial charge in [0.25, 0.3) is 0 Å². The molecule has 0 fully saturated rings. The number of benzene rings is 1. The number of methoxy groups -OCH3 is 1. The van der Waals surface area contributed by atoms with Gasteiger partial charge in [-0.25, -0.2) is 8.78 Å². The molecule has 1 unspecified atom stereocenters. The smallest absolute Gasteiger partial charge is 0.313 e. The summed E-state index contributed by atoms with van der Waals surface area (Å²) in [7, 11) is 1.12. The summed E-state index contributed by atoms with van der Waals surface area (Å²) in [4.78, 5) is 21.7. The predicted octanol–water partition coefficient (Wildman–Crippen LogP) is 1.81. The molecular weight excluding hydrogens is 218 g/mol. The van der Waals surface area contributed by atoms with Gasteiger partial charge in [-0.1, -0.05) is 12.1 Å². The van der Waals surface area contributed by atoms with E-state index in [4.69, 9.17) is 0 Å². The van der Waals surface area contributed by atoms with Gasteiger partial charge in [-0.2, -0.15) is 0 Å². The van der Waals surface area contributed by atoms with Crippen molar-refractivity contribution in [1.82, 2.24) is 0 Å². The maximum atomic E-state index is 13.4. The molecule has 1 atom stereocenters. The molecule has 0 aliphatic heterocycles. The summed E-state index contributed by atoms with van der Waals surface area (Å²) in [6, 6.07) is 3.46. The first-order valence-corrected chi connectivity index (χ1v) is 4.57. The molecular formula is C11H10F2O3. The average Bonchev–Trinajstić information content (AvgIpc) is 2.29. The van der Waals surface area contributed by atoms with Gasteiger partial charge in [0.2, 0.25) is 0 Å². The molecule has 0 amide bonds. The van der Waals surface area contributed by atoms with E-state index in [0.29, 0.717) is 6.29 Å². The van der Waals surface area contributed by atoms with E-state index in [9.17, 15) is 18.4 Å². The van der Waals surface area contributed by atoms with Gasteiger partial charge in [0.1, 0.15) is 6.29 Å².